The number of nitrogens with zero attached hydrogens (tertiary/aromatic N) is 2. The summed E-state index contributed by atoms with van der Waals surface area (Å²) in [5.74, 6) is 0. The minimum Gasteiger partial charge on any atom is -0.368 e. The second kappa shape index (κ2) is 6.92. The molecular formula is C16H26BrN3. The minimum absolute atomic E-state index is 0.377. The lowest BCUT2D eigenvalue weighted by Gasteiger charge is -2.40. The molecular weight excluding hydrogens is 314 g/mol. The van der Waals surface area contributed by atoms with Crippen molar-refractivity contribution in [2.75, 3.05) is 38.1 Å². The molecule has 0 saturated carbocycles. The Labute approximate surface area is 131 Å². The Morgan fingerprint density at radius 3 is 2.80 bits per heavy atom. The van der Waals surface area contributed by atoms with E-state index in [1.54, 1.807) is 0 Å². The molecule has 2 unspecified atom stereocenters. The number of hydrogen-bond acceptors (Lipinski definition) is 3. The molecule has 0 amide bonds. The molecule has 1 fully saturated rings. The van der Waals surface area contributed by atoms with Crippen LogP contribution >= 0.6 is 15.9 Å². The molecule has 0 aliphatic carbocycles. The summed E-state index contributed by atoms with van der Waals surface area (Å²) in [5.41, 5.74) is 2.76. The summed E-state index contributed by atoms with van der Waals surface area (Å²) in [6.07, 6.45) is 0. The Morgan fingerprint density at radius 1 is 1.40 bits per heavy atom. The number of likely N-dealkylation sites (N-methyl/N-ethyl adjacent to an activating group) is 1. The average molecular weight is 340 g/mol. The predicted molar refractivity (Wildman–Crippen MR) is 90.5 cm³/mol. The maximum Gasteiger partial charge on any atom is 0.0416 e. The molecule has 0 bridgehead atoms. The number of rotatable bonds is 4. The summed E-state index contributed by atoms with van der Waals surface area (Å²) < 4.78 is 1.16. The van der Waals surface area contributed by atoms with Crippen molar-refractivity contribution < 1.29 is 0 Å². The molecule has 112 valence electrons. The molecule has 1 aromatic carbocycles. The molecule has 2 atom stereocenters. The van der Waals surface area contributed by atoms with Crippen molar-refractivity contribution in [3.63, 3.8) is 0 Å². The fraction of sp³-hybridized carbons (Fsp3) is 0.625. The summed E-state index contributed by atoms with van der Waals surface area (Å²) in [6.45, 7) is 11.0. The van der Waals surface area contributed by atoms with Crippen LogP contribution in [0.1, 0.15) is 32.4 Å². The van der Waals surface area contributed by atoms with E-state index in [1.807, 2.05) is 0 Å². The molecule has 4 heteroatoms. The van der Waals surface area contributed by atoms with Gasteiger partial charge in [0, 0.05) is 41.9 Å². The van der Waals surface area contributed by atoms with Crippen LogP contribution in [0.4, 0.5) is 5.69 Å². The zero-order chi connectivity index (χ0) is 14.7. The average Bonchev–Trinajstić information content (AvgIpc) is 2.42. The van der Waals surface area contributed by atoms with Crippen molar-refractivity contribution in [3.05, 3.63) is 28.2 Å². The van der Waals surface area contributed by atoms with Gasteiger partial charge in [0.25, 0.3) is 0 Å². The number of anilines is 1. The third-order valence-corrected chi connectivity index (χ3v) is 4.76. The lowest BCUT2D eigenvalue weighted by Crippen LogP contribution is -2.50. The summed E-state index contributed by atoms with van der Waals surface area (Å²) in [4.78, 5) is 4.96. The molecule has 0 spiro atoms. The topological polar surface area (TPSA) is 18.5 Å². The van der Waals surface area contributed by atoms with Crippen LogP contribution < -0.4 is 10.2 Å². The van der Waals surface area contributed by atoms with E-state index in [9.17, 15) is 0 Å². The standard InChI is InChI=1S/C16H26BrN3/c1-5-18-13(3)15-10-14(17)6-7-16(15)20-9-8-19(4)12(2)11-20/h6-7,10,12-13,18H,5,8-9,11H2,1-4H3. The van der Waals surface area contributed by atoms with Gasteiger partial charge >= 0.3 is 0 Å². The van der Waals surface area contributed by atoms with E-state index >= 15 is 0 Å². The quantitative estimate of drug-likeness (QED) is 0.908. The molecule has 20 heavy (non-hydrogen) atoms. The van der Waals surface area contributed by atoms with Gasteiger partial charge in [-0.3, -0.25) is 0 Å². The van der Waals surface area contributed by atoms with E-state index in [4.69, 9.17) is 0 Å². The van der Waals surface area contributed by atoms with Crippen LogP contribution in [0.2, 0.25) is 0 Å². The Balaban J connectivity index is 2.26. The van der Waals surface area contributed by atoms with Crippen molar-refractivity contribution in [1.29, 1.82) is 0 Å². The van der Waals surface area contributed by atoms with Gasteiger partial charge in [-0.2, -0.15) is 0 Å². The smallest absolute Gasteiger partial charge is 0.0416 e. The highest BCUT2D eigenvalue weighted by molar-refractivity contribution is 9.10. The van der Waals surface area contributed by atoms with Crippen molar-refractivity contribution in [1.82, 2.24) is 10.2 Å². The minimum atomic E-state index is 0.377. The number of piperazine rings is 1. The first-order valence-electron chi connectivity index (χ1n) is 7.51. The molecule has 1 heterocycles. The van der Waals surface area contributed by atoms with E-state index in [0.29, 0.717) is 12.1 Å². The van der Waals surface area contributed by atoms with Crippen LogP contribution in [-0.4, -0.2) is 44.2 Å². The normalized spacial score (nSPS) is 22.1. The van der Waals surface area contributed by atoms with Gasteiger partial charge in [-0.25, -0.2) is 0 Å². The van der Waals surface area contributed by atoms with Crippen LogP contribution in [0, 0.1) is 0 Å². The Morgan fingerprint density at radius 2 is 2.15 bits per heavy atom. The molecule has 0 radical (unpaired) electrons. The predicted octanol–water partition coefficient (Wildman–Crippen LogP) is 3.26. The number of nitrogens with one attached hydrogen (secondary N) is 1. The SMILES string of the molecule is CCNC(C)c1cc(Br)ccc1N1CCN(C)C(C)C1. The van der Waals surface area contributed by atoms with Crippen molar-refractivity contribution in [2.45, 2.75) is 32.9 Å². The van der Waals surface area contributed by atoms with Gasteiger partial charge in [0.15, 0.2) is 0 Å². The number of halogens is 1. The van der Waals surface area contributed by atoms with Crippen LogP contribution in [0.3, 0.4) is 0 Å². The van der Waals surface area contributed by atoms with Gasteiger partial charge in [0.2, 0.25) is 0 Å². The van der Waals surface area contributed by atoms with Crippen LogP contribution in [0.15, 0.2) is 22.7 Å². The van der Waals surface area contributed by atoms with Crippen molar-refractivity contribution >= 4 is 21.6 Å². The van der Waals surface area contributed by atoms with E-state index in [-0.39, 0.29) is 0 Å². The Hall–Kier alpha value is -0.580. The monoisotopic (exact) mass is 339 g/mol. The lowest BCUT2D eigenvalue weighted by atomic mass is 10.0. The summed E-state index contributed by atoms with van der Waals surface area (Å²) in [7, 11) is 2.21. The van der Waals surface area contributed by atoms with Crippen LogP contribution in [0.5, 0.6) is 0 Å². The zero-order valence-corrected chi connectivity index (χ0v) is 14.6. The first-order valence-corrected chi connectivity index (χ1v) is 8.30. The van der Waals surface area contributed by atoms with Crippen molar-refractivity contribution in [3.8, 4) is 0 Å². The number of benzene rings is 1. The number of hydrogen-bond donors (Lipinski definition) is 1. The third-order valence-electron chi connectivity index (χ3n) is 4.27. The second-order valence-electron chi connectivity index (χ2n) is 5.76. The maximum absolute atomic E-state index is 3.61. The first-order chi connectivity index (χ1) is 9.52. The highest BCUT2D eigenvalue weighted by Gasteiger charge is 2.23. The van der Waals surface area contributed by atoms with Gasteiger partial charge in [-0.15, -0.1) is 0 Å². The highest BCUT2D eigenvalue weighted by Crippen LogP contribution is 2.30. The molecule has 1 aliphatic rings. The van der Waals surface area contributed by atoms with E-state index in [2.05, 4.69) is 77.1 Å². The molecule has 1 N–H and O–H groups in total. The molecule has 0 aromatic heterocycles. The van der Waals surface area contributed by atoms with Crippen LogP contribution in [0.25, 0.3) is 0 Å². The molecule has 2 rings (SSSR count). The maximum atomic E-state index is 3.61. The largest absolute Gasteiger partial charge is 0.368 e. The first kappa shape index (κ1) is 15.8. The Kier molecular flexibility index (Phi) is 5.47. The summed E-state index contributed by atoms with van der Waals surface area (Å²) >= 11 is 3.61. The summed E-state index contributed by atoms with van der Waals surface area (Å²) in [6, 6.07) is 7.65. The molecule has 3 nitrogen and oxygen atoms in total. The molecule has 1 saturated heterocycles. The summed E-state index contributed by atoms with van der Waals surface area (Å²) in [5, 5.41) is 3.53. The lowest BCUT2D eigenvalue weighted by molar-refractivity contribution is 0.234. The van der Waals surface area contributed by atoms with E-state index in [1.165, 1.54) is 11.3 Å². The van der Waals surface area contributed by atoms with Gasteiger partial charge < -0.3 is 15.1 Å². The van der Waals surface area contributed by atoms with E-state index < -0.39 is 0 Å². The third kappa shape index (κ3) is 3.54. The van der Waals surface area contributed by atoms with Gasteiger partial charge in [-0.1, -0.05) is 22.9 Å². The van der Waals surface area contributed by atoms with E-state index in [0.717, 1.165) is 30.7 Å². The van der Waals surface area contributed by atoms with Gasteiger partial charge in [0.05, 0.1) is 0 Å². The van der Waals surface area contributed by atoms with Crippen LogP contribution in [-0.2, 0) is 0 Å². The van der Waals surface area contributed by atoms with Gasteiger partial charge in [-0.05, 0) is 51.2 Å². The van der Waals surface area contributed by atoms with Gasteiger partial charge in [0.1, 0.15) is 0 Å². The second-order valence-corrected chi connectivity index (χ2v) is 6.67. The zero-order valence-electron chi connectivity index (χ0n) is 13.0. The fourth-order valence-corrected chi connectivity index (χ4v) is 3.22. The highest BCUT2D eigenvalue weighted by atomic mass is 79.9. The molecule has 1 aromatic rings. The fourth-order valence-electron chi connectivity index (χ4n) is 2.84. The molecule has 1 aliphatic heterocycles. The Bertz CT molecular complexity index is 449. The van der Waals surface area contributed by atoms with Crippen molar-refractivity contribution in [2.24, 2.45) is 0 Å².